The molecule has 0 aliphatic rings. The Labute approximate surface area is 132 Å². The van der Waals surface area contributed by atoms with Crippen molar-refractivity contribution >= 4 is 35.7 Å². The third-order valence-corrected chi connectivity index (χ3v) is 2.09. The van der Waals surface area contributed by atoms with Crippen LogP contribution in [0, 0.1) is 0 Å². The van der Waals surface area contributed by atoms with Crippen LogP contribution in [0.3, 0.4) is 0 Å². The summed E-state index contributed by atoms with van der Waals surface area (Å²) in [5, 5.41) is 1.45. The van der Waals surface area contributed by atoms with Crippen LogP contribution in [-0.4, -0.2) is 36.7 Å². The smallest absolute Gasteiger partial charge is 0.369 e. The molecule has 0 saturated heterocycles. The monoisotopic (exact) mass is 328 g/mol. The number of para-hydroxylation sites is 1. The van der Waals surface area contributed by atoms with E-state index in [2.05, 4.69) is 28.4 Å². The van der Waals surface area contributed by atoms with E-state index in [0.717, 1.165) is 0 Å². The van der Waals surface area contributed by atoms with E-state index in [0.29, 0.717) is 0 Å². The fourth-order valence-electron chi connectivity index (χ4n) is 1.14. The first kappa shape index (κ1) is 19.4. The van der Waals surface area contributed by atoms with E-state index in [1.807, 2.05) is 0 Å². The number of methoxy groups -OCH3 is 1. The van der Waals surface area contributed by atoms with E-state index >= 15 is 0 Å². The van der Waals surface area contributed by atoms with Gasteiger partial charge in [-0.1, -0.05) is 24.8 Å². The second kappa shape index (κ2) is 10.2. The zero-order valence-corrected chi connectivity index (χ0v) is 12.9. The Morgan fingerprint density at radius 3 is 2.23 bits per heavy atom. The largest absolute Gasteiger partial charge is 0.465 e. The van der Waals surface area contributed by atoms with Crippen molar-refractivity contribution in [3.8, 4) is 5.75 Å². The number of nitrogens with two attached hydrogens (primary N) is 1. The summed E-state index contributed by atoms with van der Waals surface area (Å²) in [6, 6.07) is 6.26. The SMILES string of the molecule is CC(=O)NCC(N)=O.COC(=O)c1ccccc1OC(=O)S. The molecule has 0 radical (unpaired) electrons. The number of primary amides is 1. The number of carbonyl (C=O) groups excluding carboxylic acids is 4. The summed E-state index contributed by atoms with van der Waals surface area (Å²) >= 11 is 3.44. The maximum Gasteiger partial charge on any atom is 0.369 e. The molecule has 0 aromatic heterocycles. The molecule has 0 spiro atoms. The number of esters is 1. The highest BCUT2D eigenvalue weighted by Gasteiger charge is 2.13. The molecule has 1 aromatic rings. The maximum absolute atomic E-state index is 11.2. The molecule has 0 saturated carbocycles. The van der Waals surface area contributed by atoms with Crippen molar-refractivity contribution in [2.24, 2.45) is 5.73 Å². The molecule has 0 unspecified atom stereocenters. The molecular weight excluding hydrogens is 312 g/mol. The molecule has 0 heterocycles. The van der Waals surface area contributed by atoms with Crippen LogP contribution in [0.2, 0.25) is 0 Å². The van der Waals surface area contributed by atoms with E-state index in [4.69, 9.17) is 4.74 Å². The highest BCUT2D eigenvalue weighted by molar-refractivity contribution is 7.96. The molecule has 0 bridgehead atoms. The van der Waals surface area contributed by atoms with Gasteiger partial charge in [-0.15, -0.1) is 0 Å². The molecule has 8 nitrogen and oxygen atoms in total. The van der Waals surface area contributed by atoms with Gasteiger partial charge in [0.15, 0.2) is 0 Å². The van der Waals surface area contributed by atoms with Crippen molar-refractivity contribution < 1.29 is 28.7 Å². The van der Waals surface area contributed by atoms with Crippen LogP contribution in [-0.2, 0) is 14.3 Å². The summed E-state index contributed by atoms with van der Waals surface area (Å²) in [5.74, 6) is -1.20. The molecule has 0 fully saturated rings. The van der Waals surface area contributed by atoms with Gasteiger partial charge in [-0.25, -0.2) is 9.59 Å². The lowest BCUT2D eigenvalue weighted by Gasteiger charge is -2.05. The first-order chi connectivity index (χ1) is 10.3. The minimum atomic E-state index is -0.777. The Morgan fingerprint density at radius 2 is 1.82 bits per heavy atom. The minimum Gasteiger partial charge on any atom is -0.465 e. The second-order valence-electron chi connectivity index (χ2n) is 3.73. The summed E-state index contributed by atoms with van der Waals surface area (Å²) in [4.78, 5) is 41.7. The molecule has 0 aliphatic heterocycles. The van der Waals surface area contributed by atoms with Crippen molar-refractivity contribution in [1.29, 1.82) is 0 Å². The number of nitrogens with one attached hydrogen (secondary N) is 1. The molecular formula is C13H16N2O6S. The summed E-state index contributed by atoms with van der Waals surface area (Å²) in [7, 11) is 1.25. The lowest BCUT2D eigenvalue weighted by atomic mass is 10.2. The Kier molecular flexibility index (Phi) is 9.03. The minimum absolute atomic E-state index is 0.0741. The first-order valence-electron chi connectivity index (χ1n) is 5.88. The topological polar surface area (TPSA) is 125 Å². The normalized spacial score (nSPS) is 8.86. The molecule has 9 heteroatoms. The summed E-state index contributed by atoms with van der Waals surface area (Å²) in [5.41, 5.74) is 4.88. The van der Waals surface area contributed by atoms with Crippen LogP contribution in [0.15, 0.2) is 24.3 Å². The Balaban J connectivity index is 0.000000472. The van der Waals surface area contributed by atoms with Crippen molar-refractivity contribution in [2.75, 3.05) is 13.7 Å². The van der Waals surface area contributed by atoms with Gasteiger partial charge < -0.3 is 20.5 Å². The quantitative estimate of drug-likeness (QED) is 0.546. The molecule has 1 aromatic carbocycles. The number of amides is 2. The summed E-state index contributed by atoms with van der Waals surface area (Å²) in [6.45, 7) is 1.25. The van der Waals surface area contributed by atoms with Crippen LogP contribution >= 0.6 is 12.6 Å². The number of hydrogen-bond donors (Lipinski definition) is 3. The van der Waals surface area contributed by atoms with E-state index in [1.54, 1.807) is 12.1 Å². The third-order valence-electron chi connectivity index (χ3n) is 2.00. The zero-order chi connectivity index (χ0) is 17.1. The fourth-order valence-corrected chi connectivity index (χ4v) is 1.24. The third kappa shape index (κ3) is 8.59. The number of rotatable bonds is 4. The van der Waals surface area contributed by atoms with Gasteiger partial charge in [0.25, 0.3) is 0 Å². The predicted molar refractivity (Wildman–Crippen MR) is 80.7 cm³/mol. The van der Waals surface area contributed by atoms with Crippen molar-refractivity contribution in [3.05, 3.63) is 29.8 Å². The van der Waals surface area contributed by atoms with Gasteiger partial charge in [0.1, 0.15) is 11.3 Å². The van der Waals surface area contributed by atoms with E-state index in [1.165, 1.54) is 26.2 Å². The van der Waals surface area contributed by atoms with Crippen molar-refractivity contribution in [2.45, 2.75) is 6.92 Å². The van der Waals surface area contributed by atoms with Gasteiger partial charge in [-0.3, -0.25) is 9.59 Å². The Hall–Kier alpha value is -2.55. The Bertz CT molecular complexity index is 547. The van der Waals surface area contributed by atoms with Crippen LogP contribution in [0.4, 0.5) is 4.79 Å². The molecule has 2 amide bonds. The first-order valence-corrected chi connectivity index (χ1v) is 6.33. The van der Waals surface area contributed by atoms with Gasteiger partial charge in [-0.2, -0.15) is 0 Å². The summed E-state index contributed by atoms with van der Waals surface area (Å²) in [6.07, 6.45) is 0. The van der Waals surface area contributed by atoms with Crippen molar-refractivity contribution in [1.82, 2.24) is 5.32 Å². The van der Waals surface area contributed by atoms with Crippen LogP contribution in [0.5, 0.6) is 5.75 Å². The highest BCUT2D eigenvalue weighted by atomic mass is 32.1. The lowest BCUT2D eigenvalue weighted by Crippen LogP contribution is -2.31. The van der Waals surface area contributed by atoms with Crippen molar-refractivity contribution in [3.63, 3.8) is 0 Å². The number of thiol groups is 1. The van der Waals surface area contributed by atoms with E-state index in [9.17, 15) is 19.2 Å². The Morgan fingerprint density at radius 1 is 1.23 bits per heavy atom. The van der Waals surface area contributed by atoms with Crippen LogP contribution < -0.4 is 15.8 Å². The molecule has 0 atom stereocenters. The lowest BCUT2D eigenvalue weighted by molar-refractivity contribution is -0.123. The van der Waals surface area contributed by atoms with Gasteiger partial charge >= 0.3 is 11.3 Å². The van der Waals surface area contributed by atoms with Crippen LogP contribution in [0.25, 0.3) is 0 Å². The van der Waals surface area contributed by atoms with Gasteiger partial charge in [0.2, 0.25) is 11.8 Å². The average Bonchev–Trinajstić information content (AvgIpc) is 2.45. The number of ether oxygens (including phenoxy) is 2. The maximum atomic E-state index is 11.2. The molecule has 3 N–H and O–H groups in total. The second-order valence-corrected chi connectivity index (χ2v) is 4.10. The fraction of sp³-hybridized carbons (Fsp3) is 0.231. The average molecular weight is 328 g/mol. The molecule has 1 rings (SSSR count). The predicted octanol–water partition coefficient (Wildman–Crippen LogP) is 0.510. The van der Waals surface area contributed by atoms with E-state index in [-0.39, 0.29) is 23.8 Å². The van der Waals surface area contributed by atoms with Crippen LogP contribution in [0.1, 0.15) is 17.3 Å². The molecule has 22 heavy (non-hydrogen) atoms. The molecule has 120 valence electrons. The zero-order valence-electron chi connectivity index (χ0n) is 12.0. The highest BCUT2D eigenvalue weighted by Crippen LogP contribution is 2.19. The number of carbonyl (C=O) groups is 4. The van der Waals surface area contributed by atoms with Gasteiger partial charge in [0.05, 0.1) is 13.7 Å². The van der Waals surface area contributed by atoms with Gasteiger partial charge in [-0.05, 0) is 12.1 Å². The summed E-state index contributed by atoms with van der Waals surface area (Å²) < 4.78 is 9.20. The number of hydrogen-bond acceptors (Lipinski definition) is 6. The van der Waals surface area contributed by atoms with E-state index < -0.39 is 17.2 Å². The number of benzene rings is 1. The standard InChI is InChI=1S/C9H8O4S.C4H8N2O2/c1-12-8(10)6-4-2-3-5-7(6)13-9(11)14;1-3(7)6-2-4(5)8/h2-5H,1H3,(H,11,14);2H2,1H3,(H2,5,8)(H,6,7). The van der Waals surface area contributed by atoms with Gasteiger partial charge in [0, 0.05) is 6.92 Å². The molecule has 0 aliphatic carbocycles.